The number of benzene rings is 1. The van der Waals surface area contributed by atoms with Gasteiger partial charge in [0.05, 0.1) is 6.20 Å². The van der Waals surface area contributed by atoms with Gasteiger partial charge in [-0.3, -0.25) is 4.79 Å². The van der Waals surface area contributed by atoms with Crippen LogP contribution in [0.5, 0.6) is 0 Å². The second kappa shape index (κ2) is 5.60. The third-order valence-electron chi connectivity index (χ3n) is 2.59. The molecule has 0 bridgehead atoms. The molecule has 0 saturated heterocycles. The molecule has 2 aromatic rings. The van der Waals surface area contributed by atoms with Gasteiger partial charge < -0.3 is 9.32 Å². The van der Waals surface area contributed by atoms with Gasteiger partial charge in [0.15, 0.2) is 0 Å². The van der Waals surface area contributed by atoms with Crippen LogP contribution in [0.4, 0.5) is 0 Å². The fourth-order valence-electron chi connectivity index (χ4n) is 1.57. The molecule has 0 amide bonds. The molecule has 1 aromatic heterocycles. The van der Waals surface area contributed by atoms with Crippen molar-refractivity contribution in [2.45, 2.75) is 6.42 Å². The SMILES string of the molecule is CN(C)CCc1cnc(C(=O)c2ccccc2)o1. The normalized spacial score (nSPS) is 10.8. The van der Waals surface area contributed by atoms with Crippen LogP contribution in [0.15, 0.2) is 40.9 Å². The monoisotopic (exact) mass is 244 g/mol. The Morgan fingerprint density at radius 3 is 2.67 bits per heavy atom. The topological polar surface area (TPSA) is 46.3 Å². The summed E-state index contributed by atoms with van der Waals surface area (Å²) in [5.41, 5.74) is 0.596. The van der Waals surface area contributed by atoms with Crippen LogP contribution in [0.2, 0.25) is 0 Å². The standard InChI is InChI=1S/C14H16N2O2/c1-16(2)9-8-12-10-15-14(18-12)13(17)11-6-4-3-5-7-11/h3-7,10H,8-9H2,1-2H3. The summed E-state index contributed by atoms with van der Waals surface area (Å²) in [6, 6.07) is 9.03. The molecule has 1 heterocycles. The highest BCUT2D eigenvalue weighted by atomic mass is 16.4. The van der Waals surface area contributed by atoms with E-state index >= 15 is 0 Å². The molecule has 18 heavy (non-hydrogen) atoms. The molecule has 0 unspecified atom stereocenters. The highest BCUT2D eigenvalue weighted by Gasteiger charge is 2.15. The Balaban J connectivity index is 2.08. The van der Waals surface area contributed by atoms with Gasteiger partial charge in [-0.15, -0.1) is 0 Å². The fraction of sp³-hybridized carbons (Fsp3) is 0.286. The van der Waals surface area contributed by atoms with Crippen LogP contribution < -0.4 is 0 Å². The summed E-state index contributed by atoms with van der Waals surface area (Å²) < 4.78 is 5.46. The van der Waals surface area contributed by atoms with Crippen LogP contribution in [0.1, 0.15) is 22.0 Å². The van der Waals surface area contributed by atoms with Crippen molar-refractivity contribution in [1.82, 2.24) is 9.88 Å². The van der Waals surface area contributed by atoms with Gasteiger partial charge in [-0.1, -0.05) is 30.3 Å². The number of hydrogen-bond donors (Lipinski definition) is 0. The number of oxazole rings is 1. The summed E-state index contributed by atoms with van der Waals surface area (Å²) in [6.07, 6.45) is 2.38. The number of carbonyl (C=O) groups is 1. The molecule has 0 aliphatic heterocycles. The van der Waals surface area contributed by atoms with Crippen molar-refractivity contribution < 1.29 is 9.21 Å². The maximum absolute atomic E-state index is 12.0. The van der Waals surface area contributed by atoms with Crippen molar-refractivity contribution in [2.24, 2.45) is 0 Å². The Bertz CT molecular complexity index is 518. The summed E-state index contributed by atoms with van der Waals surface area (Å²) in [5, 5.41) is 0. The minimum Gasteiger partial charge on any atom is -0.439 e. The molecule has 0 radical (unpaired) electrons. The summed E-state index contributed by atoms with van der Waals surface area (Å²) in [4.78, 5) is 18.1. The van der Waals surface area contributed by atoms with Gasteiger partial charge in [-0.05, 0) is 14.1 Å². The van der Waals surface area contributed by atoms with Gasteiger partial charge in [-0.2, -0.15) is 0 Å². The van der Waals surface area contributed by atoms with E-state index in [1.54, 1.807) is 18.3 Å². The molecule has 4 heteroatoms. The first-order valence-electron chi connectivity index (χ1n) is 5.86. The van der Waals surface area contributed by atoms with E-state index in [4.69, 9.17) is 4.42 Å². The predicted molar refractivity (Wildman–Crippen MR) is 68.6 cm³/mol. The highest BCUT2D eigenvalue weighted by molar-refractivity contribution is 6.05. The van der Waals surface area contributed by atoms with Crippen molar-refractivity contribution in [1.29, 1.82) is 0 Å². The van der Waals surface area contributed by atoms with Crippen molar-refractivity contribution in [3.8, 4) is 0 Å². The van der Waals surface area contributed by atoms with E-state index in [0.717, 1.165) is 18.7 Å². The van der Waals surface area contributed by atoms with E-state index in [0.29, 0.717) is 5.56 Å². The maximum atomic E-state index is 12.0. The van der Waals surface area contributed by atoms with Gasteiger partial charge in [0.1, 0.15) is 5.76 Å². The minimum atomic E-state index is -0.174. The summed E-state index contributed by atoms with van der Waals surface area (Å²) >= 11 is 0. The summed E-state index contributed by atoms with van der Waals surface area (Å²) in [5.74, 6) is 0.727. The van der Waals surface area contributed by atoms with E-state index in [1.807, 2.05) is 32.3 Å². The number of aromatic nitrogens is 1. The Morgan fingerprint density at radius 2 is 2.00 bits per heavy atom. The van der Waals surface area contributed by atoms with Gasteiger partial charge in [0, 0.05) is 18.5 Å². The molecule has 0 aliphatic carbocycles. The summed E-state index contributed by atoms with van der Waals surface area (Å²) in [7, 11) is 3.98. The molecule has 0 aliphatic rings. The van der Waals surface area contributed by atoms with Gasteiger partial charge in [0.2, 0.25) is 5.78 Å². The second-order valence-corrected chi connectivity index (χ2v) is 4.38. The van der Waals surface area contributed by atoms with Crippen molar-refractivity contribution in [2.75, 3.05) is 20.6 Å². The van der Waals surface area contributed by atoms with Gasteiger partial charge in [0.25, 0.3) is 5.89 Å². The smallest absolute Gasteiger partial charge is 0.268 e. The number of nitrogens with zero attached hydrogens (tertiary/aromatic N) is 2. The van der Waals surface area contributed by atoms with E-state index in [2.05, 4.69) is 9.88 Å². The Morgan fingerprint density at radius 1 is 1.28 bits per heavy atom. The minimum absolute atomic E-state index is 0.162. The average molecular weight is 244 g/mol. The zero-order valence-corrected chi connectivity index (χ0v) is 10.6. The van der Waals surface area contributed by atoms with Crippen LogP contribution in [0, 0.1) is 0 Å². The van der Waals surface area contributed by atoms with Gasteiger partial charge in [-0.25, -0.2) is 4.98 Å². The molecule has 0 spiro atoms. The lowest BCUT2D eigenvalue weighted by atomic mass is 10.1. The number of likely N-dealkylation sites (N-methyl/N-ethyl adjacent to an activating group) is 1. The quantitative estimate of drug-likeness (QED) is 0.755. The molecule has 0 saturated carbocycles. The third kappa shape index (κ3) is 3.05. The largest absolute Gasteiger partial charge is 0.439 e. The first kappa shape index (κ1) is 12.5. The zero-order valence-electron chi connectivity index (χ0n) is 10.6. The molecule has 0 fully saturated rings. The number of hydrogen-bond acceptors (Lipinski definition) is 4. The molecular formula is C14H16N2O2. The molecule has 0 N–H and O–H groups in total. The van der Waals surface area contributed by atoms with E-state index in [-0.39, 0.29) is 11.7 Å². The maximum Gasteiger partial charge on any atom is 0.268 e. The Hall–Kier alpha value is -1.94. The number of ketones is 1. The van der Waals surface area contributed by atoms with Crippen LogP contribution in [0.3, 0.4) is 0 Å². The van der Waals surface area contributed by atoms with Crippen LogP contribution in [-0.4, -0.2) is 36.3 Å². The molecule has 1 aromatic carbocycles. The van der Waals surface area contributed by atoms with E-state index < -0.39 is 0 Å². The lowest BCUT2D eigenvalue weighted by Crippen LogP contribution is -2.14. The Kier molecular flexibility index (Phi) is 3.89. The van der Waals surface area contributed by atoms with Crippen LogP contribution in [0.25, 0.3) is 0 Å². The first-order chi connectivity index (χ1) is 8.66. The molecule has 94 valence electrons. The zero-order chi connectivity index (χ0) is 13.0. The van der Waals surface area contributed by atoms with Gasteiger partial charge >= 0.3 is 0 Å². The third-order valence-corrected chi connectivity index (χ3v) is 2.59. The van der Waals surface area contributed by atoms with Crippen molar-refractivity contribution in [3.63, 3.8) is 0 Å². The second-order valence-electron chi connectivity index (χ2n) is 4.38. The fourth-order valence-corrected chi connectivity index (χ4v) is 1.57. The Labute approximate surface area is 106 Å². The lowest BCUT2D eigenvalue weighted by molar-refractivity contribution is 0.100. The van der Waals surface area contributed by atoms with Crippen molar-refractivity contribution in [3.05, 3.63) is 53.7 Å². The number of rotatable bonds is 5. The van der Waals surface area contributed by atoms with Crippen LogP contribution in [-0.2, 0) is 6.42 Å². The first-order valence-corrected chi connectivity index (χ1v) is 5.86. The van der Waals surface area contributed by atoms with Crippen molar-refractivity contribution >= 4 is 5.78 Å². The van der Waals surface area contributed by atoms with Crippen LogP contribution >= 0.6 is 0 Å². The molecule has 2 rings (SSSR count). The summed E-state index contributed by atoms with van der Waals surface area (Å²) in [6.45, 7) is 0.869. The molecular weight excluding hydrogens is 228 g/mol. The van der Waals surface area contributed by atoms with E-state index in [1.165, 1.54) is 0 Å². The molecule has 0 atom stereocenters. The predicted octanol–water partition coefficient (Wildman–Crippen LogP) is 2.01. The number of carbonyl (C=O) groups excluding carboxylic acids is 1. The molecule has 4 nitrogen and oxygen atoms in total. The highest BCUT2D eigenvalue weighted by Crippen LogP contribution is 2.11. The lowest BCUT2D eigenvalue weighted by Gasteiger charge is -2.06. The average Bonchev–Trinajstić information content (AvgIpc) is 2.85. The van der Waals surface area contributed by atoms with E-state index in [9.17, 15) is 4.79 Å².